The third-order valence-electron chi connectivity index (χ3n) is 3.49. The van der Waals surface area contributed by atoms with E-state index in [1.807, 2.05) is 11.3 Å². The van der Waals surface area contributed by atoms with Gasteiger partial charge in [0, 0.05) is 10.9 Å². The van der Waals surface area contributed by atoms with Crippen molar-refractivity contribution >= 4 is 23.1 Å². The molecule has 1 aromatic heterocycles. The van der Waals surface area contributed by atoms with Crippen LogP contribution >= 0.6 is 23.1 Å². The van der Waals surface area contributed by atoms with Gasteiger partial charge in [0.15, 0.2) is 0 Å². The molecule has 0 spiro atoms. The highest BCUT2D eigenvalue weighted by Crippen LogP contribution is 2.38. The van der Waals surface area contributed by atoms with Crippen LogP contribution in [0, 0.1) is 5.92 Å². The summed E-state index contributed by atoms with van der Waals surface area (Å²) in [6, 6.07) is 2.99. The van der Waals surface area contributed by atoms with Crippen molar-refractivity contribution in [1.29, 1.82) is 0 Å². The van der Waals surface area contributed by atoms with Crippen molar-refractivity contribution in [3.8, 4) is 0 Å². The number of fused-ring (bicyclic) bond motifs is 1. The Labute approximate surface area is 99.7 Å². The zero-order chi connectivity index (χ0) is 10.1. The summed E-state index contributed by atoms with van der Waals surface area (Å²) in [4.78, 5) is 1.63. The minimum Gasteiger partial charge on any atom is -0.309 e. The van der Waals surface area contributed by atoms with Gasteiger partial charge in [-0.25, -0.2) is 0 Å². The van der Waals surface area contributed by atoms with E-state index in [2.05, 4.69) is 28.5 Å². The average molecular weight is 239 g/mol. The van der Waals surface area contributed by atoms with Crippen LogP contribution in [0.2, 0.25) is 0 Å². The first-order chi connectivity index (χ1) is 7.45. The first kappa shape index (κ1) is 10.2. The second-order valence-electron chi connectivity index (χ2n) is 4.47. The molecule has 82 valence electrons. The van der Waals surface area contributed by atoms with Crippen LogP contribution in [-0.2, 0) is 6.42 Å². The summed E-state index contributed by atoms with van der Waals surface area (Å²) in [7, 11) is 0. The number of nitrogens with one attached hydrogen (secondary N) is 1. The Morgan fingerprint density at radius 2 is 2.40 bits per heavy atom. The topological polar surface area (TPSA) is 12.0 Å². The van der Waals surface area contributed by atoms with E-state index < -0.39 is 0 Å². The summed E-state index contributed by atoms with van der Waals surface area (Å²) in [6.07, 6.45) is 4.06. The van der Waals surface area contributed by atoms with Crippen LogP contribution in [0.5, 0.6) is 0 Å². The predicted octanol–water partition coefficient (Wildman–Crippen LogP) is 3.08. The SMILES string of the molecule is c1cc2c(s1)C(C1CCCSC1)NCC2. The van der Waals surface area contributed by atoms with E-state index >= 15 is 0 Å². The molecule has 1 saturated heterocycles. The van der Waals surface area contributed by atoms with E-state index in [4.69, 9.17) is 0 Å². The van der Waals surface area contributed by atoms with E-state index in [0.29, 0.717) is 6.04 Å². The number of thioether (sulfide) groups is 1. The lowest BCUT2D eigenvalue weighted by atomic mass is 9.90. The molecule has 2 atom stereocenters. The number of hydrogen-bond donors (Lipinski definition) is 1. The highest BCUT2D eigenvalue weighted by atomic mass is 32.2. The molecule has 1 fully saturated rings. The molecule has 2 aliphatic rings. The van der Waals surface area contributed by atoms with Crippen LogP contribution in [-0.4, -0.2) is 18.1 Å². The molecule has 15 heavy (non-hydrogen) atoms. The fourth-order valence-corrected chi connectivity index (χ4v) is 5.01. The largest absolute Gasteiger partial charge is 0.309 e. The number of thiophene rings is 1. The molecule has 2 aliphatic heterocycles. The molecule has 0 amide bonds. The molecule has 0 bridgehead atoms. The van der Waals surface area contributed by atoms with Crippen molar-refractivity contribution in [2.75, 3.05) is 18.1 Å². The molecule has 2 unspecified atom stereocenters. The number of rotatable bonds is 1. The molecule has 1 nitrogen and oxygen atoms in total. The number of hydrogen-bond acceptors (Lipinski definition) is 3. The molecule has 0 aromatic carbocycles. The van der Waals surface area contributed by atoms with E-state index in [-0.39, 0.29) is 0 Å². The van der Waals surface area contributed by atoms with Crippen LogP contribution < -0.4 is 5.32 Å². The third-order valence-corrected chi connectivity index (χ3v) is 5.77. The molecule has 3 heteroatoms. The summed E-state index contributed by atoms with van der Waals surface area (Å²) < 4.78 is 0. The molecule has 0 saturated carbocycles. The molecule has 3 heterocycles. The van der Waals surface area contributed by atoms with E-state index in [0.717, 1.165) is 5.92 Å². The van der Waals surface area contributed by atoms with Gasteiger partial charge in [0.2, 0.25) is 0 Å². The molecule has 1 aromatic rings. The van der Waals surface area contributed by atoms with Crippen molar-refractivity contribution < 1.29 is 0 Å². The van der Waals surface area contributed by atoms with Crippen molar-refractivity contribution in [3.63, 3.8) is 0 Å². The minimum absolute atomic E-state index is 0.668. The highest BCUT2D eigenvalue weighted by Gasteiger charge is 2.29. The molecule has 1 N–H and O–H groups in total. The van der Waals surface area contributed by atoms with Crippen LogP contribution in [0.25, 0.3) is 0 Å². The minimum atomic E-state index is 0.668. The summed E-state index contributed by atoms with van der Waals surface area (Å²) in [5.74, 6) is 3.61. The summed E-state index contributed by atoms with van der Waals surface area (Å²) in [6.45, 7) is 1.18. The second-order valence-corrected chi connectivity index (χ2v) is 6.57. The molecule has 3 rings (SSSR count). The van der Waals surface area contributed by atoms with Crippen LogP contribution in [0.4, 0.5) is 0 Å². The standard InChI is InChI=1S/C12H17NS2/c1-2-10(8-14-6-1)11-12-9(3-5-13-11)4-7-15-12/h4,7,10-11,13H,1-3,5-6,8H2. The first-order valence-corrected chi connectivity index (χ1v) is 7.86. The van der Waals surface area contributed by atoms with Gasteiger partial charge in [-0.05, 0) is 60.2 Å². The maximum atomic E-state index is 3.73. The Balaban J connectivity index is 1.82. The van der Waals surface area contributed by atoms with Crippen LogP contribution in [0.3, 0.4) is 0 Å². The fraction of sp³-hybridized carbons (Fsp3) is 0.667. The van der Waals surface area contributed by atoms with Gasteiger partial charge in [0.25, 0.3) is 0 Å². The van der Waals surface area contributed by atoms with Crippen molar-refractivity contribution in [1.82, 2.24) is 5.32 Å². The van der Waals surface area contributed by atoms with E-state index in [9.17, 15) is 0 Å². The molecular weight excluding hydrogens is 222 g/mol. The monoisotopic (exact) mass is 239 g/mol. The Morgan fingerprint density at radius 1 is 1.40 bits per heavy atom. The van der Waals surface area contributed by atoms with Crippen molar-refractivity contribution in [2.45, 2.75) is 25.3 Å². The Morgan fingerprint density at radius 3 is 3.27 bits per heavy atom. The van der Waals surface area contributed by atoms with E-state index in [1.165, 1.54) is 37.3 Å². The van der Waals surface area contributed by atoms with E-state index in [1.54, 1.807) is 10.4 Å². The lowest BCUT2D eigenvalue weighted by Crippen LogP contribution is -2.35. The average Bonchev–Trinajstić information content (AvgIpc) is 2.78. The third kappa shape index (κ3) is 1.97. The fourth-order valence-electron chi connectivity index (χ4n) is 2.69. The summed E-state index contributed by atoms with van der Waals surface area (Å²) >= 11 is 4.09. The Bertz CT molecular complexity index is 328. The lowest BCUT2D eigenvalue weighted by molar-refractivity contribution is 0.357. The van der Waals surface area contributed by atoms with Crippen LogP contribution in [0.15, 0.2) is 11.4 Å². The van der Waals surface area contributed by atoms with Gasteiger partial charge in [0.05, 0.1) is 0 Å². The smallest absolute Gasteiger partial charge is 0.0454 e. The molecule has 0 aliphatic carbocycles. The van der Waals surface area contributed by atoms with Gasteiger partial charge >= 0.3 is 0 Å². The highest BCUT2D eigenvalue weighted by molar-refractivity contribution is 7.99. The molecular formula is C12H17NS2. The zero-order valence-electron chi connectivity index (χ0n) is 8.87. The van der Waals surface area contributed by atoms with Gasteiger partial charge < -0.3 is 5.32 Å². The Hall–Kier alpha value is 0.01000. The predicted molar refractivity (Wildman–Crippen MR) is 68.8 cm³/mol. The first-order valence-electron chi connectivity index (χ1n) is 5.82. The van der Waals surface area contributed by atoms with Gasteiger partial charge in [0.1, 0.15) is 0 Å². The maximum Gasteiger partial charge on any atom is 0.0454 e. The van der Waals surface area contributed by atoms with Gasteiger partial charge in [-0.2, -0.15) is 11.8 Å². The second kappa shape index (κ2) is 4.48. The molecule has 0 radical (unpaired) electrons. The van der Waals surface area contributed by atoms with Crippen molar-refractivity contribution in [2.24, 2.45) is 5.92 Å². The normalized spacial score (nSPS) is 31.2. The summed E-state index contributed by atoms with van der Waals surface area (Å²) in [5, 5.41) is 5.99. The van der Waals surface area contributed by atoms with Gasteiger partial charge in [-0.1, -0.05) is 0 Å². The Kier molecular flexibility index (Phi) is 3.04. The quantitative estimate of drug-likeness (QED) is 0.808. The zero-order valence-corrected chi connectivity index (χ0v) is 10.5. The summed E-state index contributed by atoms with van der Waals surface area (Å²) in [5.41, 5.74) is 1.61. The van der Waals surface area contributed by atoms with Crippen molar-refractivity contribution in [3.05, 3.63) is 21.9 Å². The lowest BCUT2D eigenvalue weighted by Gasteiger charge is -2.33. The maximum absolute atomic E-state index is 3.73. The van der Waals surface area contributed by atoms with Gasteiger partial charge in [-0.15, -0.1) is 11.3 Å². The van der Waals surface area contributed by atoms with Gasteiger partial charge in [-0.3, -0.25) is 0 Å². The van der Waals surface area contributed by atoms with Crippen LogP contribution in [0.1, 0.15) is 29.3 Å².